The normalized spacial score (nSPS) is 26.2. The van der Waals surface area contributed by atoms with Crippen LogP contribution in [0, 0.1) is 23.7 Å². The lowest BCUT2D eigenvalue weighted by atomic mass is 9.88. The van der Waals surface area contributed by atoms with Gasteiger partial charge in [0.2, 0.25) is 5.91 Å². The molecule has 1 fully saturated rings. The van der Waals surface area contributed by atoms with E-state index in [1.807, 2.05) is 36.4 Å². The molecule has 6 atom stereocenters. The number of nitrogens with one attached hydrogen (secondary N) is 1. The van der Waals surface area contributed by atoms with Gasteiger partial charge in [-0.15, -0.1) is 0 Å². The molecule has 33 heavy (non-hydrogen) atoms. The summed E-state index contributed by atoms with van der Waals surface area (Å²) in [7, 11) is 0. The molecule has 0 unspecified atom stereocenters. The number of rotatable bonds is 13. The molecule has 0 bridgehead atoms. The number of aliphatic hydroxyl groups excluding tert-OH is 2. The lowest BCUT2D eigenvalue weighted by Gasteiger charge is -2.19. The molecule has 1 aromatic rings. The van der Waals surface area contributed by atoms with Crippen LogP contribution in [0.25, 0.3) is 0 Å². The van der Waals surface area contributed by atoms with Gasteiger partial charge >= 0.3 is 0 Å². The third-order valence-electron chi connectivity index (χ3n) is 7.41. The number of amides is 1. The van der Waals surface area contributed by atoms with E-state index in [1.54, 1.807) is 0 Å². The van der Waals surface area contributed by atoms with Crippen LogP contribution in [0.3, 0.4) is 0 Å². The molecule has 3 N–H and O–H groups in total. The fourth-order valence-electron chi connectivity index (χ4n) is 5.59. The van der Waals surface area contributed by atoms with E-state index in [1.165, 1.54) is 24.8 Å². The number of anilines is 1. The van der Waals surface area contributed by atoms with Crippen molar-refractivity contribution in [3.63, 3.8) is 0 Å². The minimum Gasteiger partial charge on any atom is -0.392 e. The van der Waals surface area contributed by atoms with Crippen molar-refractivity contribution >= 4 is 11.6 Å². The summed E-state index contributed by atoms with van der Waals surface area (Å²) in [5.41, 5.74) is 2.33. The highest BCUT2D eigenvalue weighted by molar-refractivity contribution is 5.90. The highest BCUT2D eigenvalue weighted by atomic mass is 16.3. The summed E-state index contributed by atoms with van der Waals surface area (Å²) in [5, 5.41) is 24.0. The van der Waals surface area contributed by atoms with Crippen LogP contribution in [-0.4, -0.2) is 28.3 Å². The van der Waals surface area contributed by atoms with Crippen LogP contribution in [0.4, 0.5) is 5.69 Å². The largest absolute Gasteiger partial charge is 0.392 e. The van der Waals surface area contributed by atoms with E-state index in [2.05, 4.69) is 31.3 Å². The van der Waals surface area contributed by atoms with Crippen molar-refractivity contribution in [3.8, 4) is 0 Å². The van der Waals surface area contributed by atoms with Crippen molar-refractivity contribution in [1.29, 1.82) is 0 Å². The number of unbranched alkanes of at least 4 members (excludes halogenated alkanes) is 2. The molecular formula is C29H43NO3. The molecule has 4 heteroatoms. The first kappa shape index (κ1) is 25.7. The van der Waals surface area contributed by atoms with Crippen LogP contribution in [0.1, 0.15) is 78.1 Å². The van der Waals surface area contributed by atoms with Gasteiger partial charge in [-0.3, -0.25) is 4.79 Å². The van der Waals surface area contributed by atoms with Gasteiger partial charge in [0.05, 0.1) is 12.2 Å². The second kappa shape index (κ2) is 13.1. The Morgan fingerprint density at radius 2 is 2.00 bits per heavy atom. The number of carbonyl (C=O) groups is 1. The van der Waals surface area contributed by atoms with Gasteiger partial charge in [-0.2, -0.15) is 0 Å². The van der Waals surface area contributed by atoms with Crippen LogP contribution in [0.15, 0.2) is 54.1 Å². The van der Waals surface area contributed by atoms with E-state index < -0.39 is 6.10 Å². The third kappa shape index (κ3) is 8.12. The summed E-state index contributed by atoms with van der Waals surface area (Å²) in [6.45, 7) is 4.42. The molecule has 1 amide bonds. The van der Waals surface area contributed by atoms with Crippen LogP contribution in [0.2, 0.25) is 0 Å². The number of carbonyl (C=O) groups excluding carboxylic acids is 1. The number of fused-ring (bicyclic) bond motifs is 1. The fraction of sp³-hybridized carbons (Fsp3) is 0.621. The average molecular weight is 454 g/mol. The Kier molecular flexibility index (Phi) is 10.2. The standard InChI is InChI=1S/C29H43NO3/c1-3-4-10-21(2)17-25(31)15-16-26-27-19-22(18-23(27)20-28(26)32)11-8-9-14-29(33)30-24-12-6-5-7-13-24/h5-7,12-13,15-16,18,21,23,25-28,31-32H,3-4,8-11,14,17,19-20H2,1-2H3,(H,30,33)/t21-,23-,25+,26+,27-,28+/m0/s1. The molecule has 1 aromatic carbocycles. The minimum atomic E-state index is -0.418. The van der Waals surface area contributed by atoms with Crippen LogP contribution < -0.4 is 5.32 Å². The van der Waals surface area contributed by atoms with Gasteiger partial charge < -0.3 is 15.5 Å². The van der Waals surface area contributed by atoms with Crippen molar-refractivity contribution in [2.24, 2.45) is 23.7 Å². The number of aliphatic hydroxyl groups is 2. The lowest BCUT2D eigenvalue weighted by Crippen LogP contribution is -2.18. The van der Waals surface area contributed by atoms with Gasteiger partial charge in [0.25, 0.3) is 0 Å². The first-order chi connectivity index (χ1) is 16.0. The number of benzene rings is 1. The Morgan fingerprint density at radius 1 is 1.21 bits per heavy atom. The topological polar surface area (TPSA) is 69.6 Å². The van der Waals surface area contributed by atoms with E-state index in [0.717, 1.165) is 44.2 Å². The van der Waals surface area contributed by atoms with Crippen molar-refractivity contribution in [2.75, 3.05) is 5.32 Å². The molecule has 182 valence electrons. The van der Waals surface area contributed by atoms with Gasteiger partial charge in [0.1, 0.15) is 0 Å². The van der Waals surface area contributed by atoms with Crippen LogP contribution in [-0.2, 0) is 4.79 Å². The molecule has 0 spiro atoms. The van der Waals surface area contributed by atoms with Crippen molar-refractivity contribution < 1.29 is 15.0 Å². The highest BCUT2D eigenvalue weighted by Gasteiger charge is 2.43. The van der Waals surface area contributed by atoms with Crippen molar-refractivity contribution in [2.45, 2.75) is 90.3 Å². The summed E-state index contributed by atoms with van der Waals surface area (Å²) in [6, 6.07) is 9.61. The van der Waals surface area contributed by atoms with E-state index in [4.69, 9.17) is 0 Å². The number of para-hydroxylation sites is 1. The van der Waals surface area contributed by atoms with Crippen LogP contribution in [0.5, 0.6) is 0 Å². The summed E-state index contributed by atoms with van der Waals surface area (Å²) in [5.74, 6) is 1.65. The van der Waals surface area contributed by atoms with Gasteiger partial charge in [0, 0.05) is 18.0 Å². The fourth-order valence-corrected chi connectivity index (χ4v) is 5.59. The molecule has 3 rings (SSSR count). The second-order valence-corrected chi connectivity index (χ2v) is 10.3. The first-order valence-corrected chi connectivity index (χ1v) is 13.0. The molecule has 4 nitrogen and oxygen atoms in total. The minimum absolute atomic E-state index is 0.0781. The zero-order chi connectivity index (χ0) is 23.6. The smallest absolute Gasteiger partial charge is 0.224 e. The molecule has 0 aromatic heterocycles. The zero-order valence-corrected chi connectivity index (χ0v) is 20.5. The van der Waals surface area contributed by atoms with E-state index in [-0.39, 0.29) is 17.9 Å². The lowest BCUT2D eigenvalue weighted by molar-refractivity contribution is -0.116. The maximum absolute atomic E-state index is 12.1. The SMILES string of the molecule is CCCC[C@H](C)C[C@H](O)C=C[C@@H]1[C@H]2CC(CCCCC(=O)Nc3ccccc3)=C[C@H]2C[C@H]1O. The Balaban J connectivity index is 1.38. The Hall–Kier alpha value is -1.91. The van der Waals surface area contributed by atoms with Gasteiger partial charge in [-0.1, -0.05) is 75.1 Å². The summed E-state index contributed by atoms with van der Waals surface area (Å²) < 4.78 is 0. The number of hydrogen-bond donors (Lipinski definition) is 3. The summed E-state index contributed by atoms with van der Waals surface area (Å²) in [6.07, 6.45) is 15.4. The molecular weight excluding hydrogens is 410 g/mol. The molecule has 0 radical (unpaired) electrons. The Bertz CT molecular complexity index is 787. The van der Waals surface area contributed by atoms with E-state index >= 15 is 0 Å². The molecule has 2 aliphatic carbocycles. The molecule has 0 saturated heterocycles. The van der Waals surface area contributed by atoms with Crippen molar-refractivity contribution in [3.05, 3.63) is 54.1 Å². The Labute approximate surface area is 200 Å². The second-order valence-electron chi connectivity index (χ2n) is 10.3. The molecule has 2 aliphatic rings. The molecule has 1 saturated carbocycles. The van der Waals surface area contributed by atoms with Crippen LogP contribution >= 0.6 is 0 Å². The average Bonchev–Trinajstić information content (AvgIpc) is 3.30. The van der Waals surface area contributed by atoms with Gasteiger partial charge in [-0.25, -0.2) is 0 Å². The van der Waals surface area contributed by atoms with Crippen molar-refractivity contribution in [1.82, 2.24) is 0 Å². The van der Waals surface area contributed by atoms with Gasteiger partial charge in [-0.05, 0) is 68.4 Å². The monoisotopic (exact) mass is 453 g/mol. The summed E-state index contributed by atoms with van der Waals surface area (Å²) in [4.78, 5) is 12.1. The molecule has 0 aliphatic heterocycles. The zero-order valence-electron chi connectivity index (χ0n) is 20.5. The number of allylic oxidation sites excluding steroid dienone is 2. The Morgan fingerprint density at radius 3 is 2.76 bits per heavy atom. The predicted octanol–water partition coefficient (Wildman–Crippen LogP) is 6.26. The van der Waals surface area contributed by atoms with E-state index in [0.29, 0.717) is 24.2 Å². The van der Waals surface area contributed by atoms with Gasteiger partial charge in [0.15, 0.2) is 0 Å². The van der Waals surface area contributed by atoms with E-state index in [9.17, 15) is 15.0 Å². The molecule has 0 heterocycles. The quantitative estimate of drug-likeness (QED) is 0.244. The number of hydrogen-bond acceptors (Lipinski definition) is 3. The first-order valence-electron chi connectivity index (χ1n) is 13.0. The highest BCUT2D eigenvalue weighted by Crippen LogP contribution is 2.48. The predicted molar refractivity (Wildman–Crippen MR) is 136 cm³/mol. The maximum Gasteiger partial charge on any atom is 0.224 e. The third-order valence-corrected chi connectivity index (χ3v) is 7.41. The summed E-state index contributed by atoms with van der Waals surface area (Å²) >= 11 is 0. The maximum atomic E-state index is 12.1.